The second kappa shape index (κ2) is 18.4. The van der Waals surface area contributed by atoms with Crippen LogP contribution in [0.2, 0.25) is 0 Å². The molecule has 13 unspecified atom stereocenters. The highest BCUT2D eigenvalue weighted by molar-refractivity contribution is 5.03. The summed E-state index contributed by atoms with van der Waals surface area (Å²) < 4.78 is 29.6. The zero-order valence-corrected chi connectivity index (χ0v) is 27.4. The third kappa shape index (κ3) is 9.12. The summed E-state index contributed by atoms with van der Waals surface area (Å²) in [6.45, 7) is 6.01. The molecule has 0 bridgehead atoms. The summed E-state index contributed by atoms with van der Waals surface area (Å²) in [7, 11) is 0. The molecule has 16 heteroatoms. The van der Waals surface area contributed by atoms with Gasteiger partial charge < -0.3 is 79.9 Å². The highest BCUT2D eigenvalue weighted by Gasteiger charge is 2.57. The van der Waals surface area contributed by atoms with Gasteiger partial charge in [-0.3, -0.25) is 0 Å². The van der Waals surface area contributed by atoms with Crippen LogP contribution in [0.1, 0.15) is 66.7 Å². The first-order valence-electron chi connectivity index (χ1n) is 16.2. The number of hydrogen-bond acceptors (Lipinski definition) is 16. The van der Waals surface area contributed by atoms with Crippen LogP contribution >= 0.6 is 0 Å². The molecule has 2 heterocycles. The molecule has 2 rings (SSSR count). The van der Waals surface area contributed by atoms with Crippen molar-refractivity contribution in [3.05, 3.63) is 0 Å². The zero-order valence-electron chi connectivity index (χ0n) is 27.4. The summed E-state index contributed by atoms with van der Waals surface area (Å²) in [4.78, 5) is 0. The minimum Gasteiger partial charge on any atom is -0.394 e. The lowest BCUT2D eigenvalue weighted by Crippen LogP contribution is -2.67. The highest BCUT2D eigenvalue weighted by atomic mass is 16.7. The molecule has 0 aromatic rings. The topological polar surface area (TPSA) is 269 Å². The van der Waals surface area contributed by atoms with Gasteiger partial charge in [-0.25, -0.2) is 0 Å². The van der Waals surface area contributed by atoms with E-state index in [0.717, 1.165) is 6.42 Å². The zero-order chi connectivity index (χ0) is 35.0. The quantitative estimate of drug-likeness (QED) is 0.0612. The van der Waals surface area contributed by atoms with E-state index in [2.05, 4.69) is 0 Å². The van der Waals surface area contributed by atoms with Crippen molar-refractivity contribution in [1.29, 1.82) is 0 Å². The Morgan fingerprint density at radius 3 is 1.76 bits per heavy atom. The molecule has 0 aromatic carbocycles. The molecule has 11 N–H and O–H groups in total. The molecule has 0 amide bonds. The second-order valence-corrected chi connectivity index (χ2v) is 12.6. The van der Waals surface area contributed by atoms with Gasteiger partial charge >= 0.3 is 0 Å². The van der Waals surface area contributed by atoms with E-state index >= 15 is 0 Å². The van der Waals surface area contributed by atoms with E-state index in [4.69, 9.17) is 28.8 Å². The SMILES string of the molecule is CCCCC(C)(OC1OC(CO)C(C(CC)(CC)OC2OC(CO)C(O)C(O)C2O)C(O)C1O)[C@@H](C)C(CO)OC(O)[C@@H](O)CO. The fraction of sp³-hybridized carbons (Fsp3) is 1.00. The third-order valence-electron chi connectivity index (χ3n) is 9.83. The maximum absolute atomic E-state index is 11.6. The van der Waals surface area contributed by atoms with Crippen LogP contribution < -0.4 is 0 Å². The first-order chi connectivity index (χ1) is 21.6. The van der Waals surface area contributed by atoms with E-state index < -0.39 is 123 Å². The number of rotatable bonds is 19. The van der Waals surface area contributed by atoms with Crippen LogP contribution in [-0.2, 0) is 23.7 Å². The monoisotopic (exact) mass is 674 g/mol. The Bertz CT molecular complexity index is 861. The first-order valence-corrected chi connectivity index (χ1v) is 16.2. The number of ether oxygens (including phenoxy) is 5. The molecular weight excluding hydrogens is 616 g/mol. The minimum absolute atomic E-state index is 0.154. The van der Waals surface area contributed by atoms with Crippen molar-refractivity contribution in [1.82, 2.24) is 0 Å². The molecule has 0 aliphatic carbocycles. The Morgan fingerprint density at radius 1 is 0.717 bits per heavy atom. The maximum atomic E-state index is 11.6. The Morgan fingerprint density at radius 2 is 1.26 bits per heavy atom. The number of hydrogen-bond donors (Lipinski definition) is 11. The fourth-order valence-electron chi connectivity index (χ4n) is 6.46. The summed E-state index contributed by atoms with van der Waals surface area (Å²) in [5, 5.41) is 113. The summed E-state index contributed by atoms with van der Waals surface area (Å²) >= 11 is 0. The minimum atomic E-state index is -1.81. The lowest BCUT2D eigenvalue weighted by Gasteiger charge is -2.53. The maximum Gasteiger partial charge on any atom is 0.187 e. The third-order valence-corrected chi connectivity index (χ3v) is 9.83. The van der Waals surface area contributed by atoms with Gasteiger partial charge in [-0.1, -0.05) is 40.5 Å². The van der Waals surface area contributed by atoms with Gasteiger partial charge in [-0.2, -0.15) is 0 Å². The Kier molecular flexibility index (Phi) is 16.6. The molecule has 2 aliphatic rings. The predicted molar refractivity (Wildman–Crippen MR) is 159 cm³/mol. The van der Waals surface area contributed by atoms with E-state index in [1.54, 1.807) is 27.7 Å². The smallest absolute Gasteiger partial charge is 0.187 e. The highest BCUT2D eigenvalue weighted by Crippen LogP contribution is 2.44. The number of aliphatic hydroxyl groups is 11. The van der Waals surface area contributed by atoms with Crippen molar-refractivity contribution < 1.29 is 79.9 Å². The van der Waals surface area contributed by atoms with Crippen LogP contribution in [0.3, 0.4) is 0 Å². The Labute approximate surface area is 270 Å². The van der Waals surface area contributed by atoms with E-state index in [9.17, 15) is 51.1 Å². The average Bonchev–Trinajstić information content (AvgIpc) is 3.06. The van der Waals surface area contributed by atoms with E-state index in [0.29, 0.717) is 12.8 Å². The van der Waals surface area contributed by atoms with Crippen molar-refractivity contribution >= 4 is 0 Å². The van der Waals surface area contributed by atoms with Gasteiger partial charge in [-0.05, 0) is 26.2 Å². The predicted octanol–water partition coefficient (Wildman–Crippen LogP) is -2.93. The first kappa shape index (κ1) is 41.5. The lowest BCUT2D eigenvalue weighted by molar-refractivity contribution is -0.371. The largest absolute Gasteiger partial charge is 0.394 e. The lowest BCUT2D eigenvalue weighted by atomic mass is 9.72. The average molecular weight is 675 g/mol. The summed E-state index contributed by atoms with van der Waals surface area (Å²) in [6.07, 6.45) is -16.4. The van der Waals surface area contributed by atoms with Crippen LogP contribution in [-0.4, -0.2) is 168 Å². The molecule has 16 nitrogen and oxygen atoms in total. The Balaban J connectivity index is 2.39. The molecule has 0 saturated carbocycles. The van der Waals surface area contributed by atoms with Crippen LogP contribution in [0.15, 0.2) is 0 Å². The number of aliphatic hydroxyl groups excluding tert-OH is 11. The molecule has 0 aromatic heterocycles. The van der Waals surface area contributed by atoms with Gasteiger partial charge in [0, 0.05) is 11.8 Å². The van der Waals surface area contributed by atoms with Crippen LogP contribution in [0, 0.1) is 11.8 Å². The van der Waals surface area contributed by atoms with Gasteiger partial charge in [0.15, 0.2) is 18.9 Å². The molecule has 0 radical (unpaired) electrons. The van der Waals surface area contributed by atoms with Crippen LogP contribution in [0.5, 0.6) is 0 Å². The van der Waals surface area contributed by atoms with E-state index in [-0.39, 0.29) is 12.8 Å². The summed E-state index contributed by atoms with van der Waals surface area (Å²) in [5.74, 6) is -1.83. The standard InChI is InChI=1S/C30H58O16/c1-6-9-10-29(5,15(4)17(12-32)42-26(41)16(35)11-31)45-27-24(39)22(37)20(18(13-33)43-27)30(7-2,8-3)46-28-25(40)23(38)21(36)19(14-34)44-28/h15-28,31-41H,6-14H2,1-5H3/t15-,16-,17?,18?,19?,20?,21?,22?,23?,24?,25?,26?,27?,28?,29?/m0/s1. The molecule has 2 aliphatic heterocycles. The van der Waals surface area contributed by atoms with Gasteiger partial charge in [-0.15, -0.1) is 0 Å². The molecule has 0 spiro atoms. The molecule has 15 atom stereocenters. The fourth-order valence-corrected chi connectivity index (χ4v) is 6.46. The normalized spacial score (nSPS) is 36.5. The summed E-state index contributed by atoms with van der Waals surface area (Å²) in [5.41, 5.74) is -2.64. The van der Waals surface area contributed by atoms with Gasteiger partial charge in [0.2, 0.25) is 0 Å². The molecule has 274 valence electrons. The Hall–Kier alpha value is -0.640. The van der Waals surface area contributed by atoms with Gasteiger partial charge in [0.05, 0.1) is 55.9 Å². The number of unbranched alkanes of at least 4 members (excludes halogenated alkanes) is 1. The van der Waals surface area contributed by atoms with Crippen molar-refractivity contribution in [2.24, 2.45) is 11.8 Å². The van der Waals surface area contributed by atoms with Crippen LogP contribution in [0.25, 0.3) is 0 Å². The molecule has 46 heavy (non-hydrogen) atoms. The molecular formula is C30H58O16. The van der Waals surface area contributed by atoms with Crippen molar-refractivity contribution in [2.45, 2.75) is 152 Å². The van der Waals surface area contributed by atoms with E-state index in [1.165, 1.54) is 0 Å². The molecule has 2 fully saturated rings. The second-order valence-electron chi connectivity index (χ2n) is 12.6. The molecule has 2 saturated heterocycles. The van der Waals surface area contributed by atoms with Gasteiger partial charge in [0.25, 0.3) is 0 Å². The van der Waals surface area contributed by atoms with Crippen molar-refractivity contribution in [2.75, 3.05) is 26.4 Å². The van der Waals surface area contributed by atoms with Gasteiger partial charge in [0.1, 0.15) is 36.6 Å². The van der Waals surface area contributed by atoms with E-state index in [1.807, 2.05) is 6.92 Å². The van der Waals surface area contributed by atoms with Crippen molar-refractivity contribution in [3.63, 3.8) is 0 Å². The van der Waals surface area contributed by atoms with Crippen molar-refractivity contribution in [3.8, 4) is 0 Å². The van der Waals surface area contributed by atoms with Crippen LogP contribution in [0.4, 0.5) is 0 Å². The summed E-state index contributed by atoms with van der Waals surface area (Å²) in [6, 6.07) is 0.